The highest BCUT2D eigenvalue weighted by molar-refractivity contribution is 5.98. The third-order valence-electron chi connectivity index (χ3n) is 3.53. The van der Waals surface area contributed by atoms with Gasteiger partial charge in [-0.25, -0.2) is 0 Å². The maximum absolute atomic E-state index is 12.4. The normalized spacial score (nSPS) is 19.4. The molecule has 110 valence electrons. The first-order valence-electron chi connectivity index (χ1n) is 6.80. The average molecular weight is 279 g/mol. The topological polar surface area (TPSA) is 56.8 Å². The second-order valence-corrected chi connectivity index (χ2v) is 4.85. The molecule has 0 aliphatic carbocycles. The van der Waals surface area contributed by atoms with Crippen LogP contribution in [-0.2, 0) is 4.74 Å². The first kappa shape index (κ1) is 14.7. The smallest absolute Gasteiger partial charge is 0.255 e. The van der Waals surface area contributed by atoms with Crippen LogP contribution in [0.3, 0.4) is 0 Å². The lowest BCUT2D eigenvalue weighted by Crippen LogP contribution is -2.40. The molecule has 0 saturated carbocycles. The van der Waals surface area contributed by atoms with E-state index in [2.05, 4.69) is 5.32 Å². The number of hydrogen-bond donors (Lipinski definition) is 1. The third-order valence-corrected chi connectivity index (χ3v) is 3.53. The van der Waals surface area contributed by atoms with Crippen molar-refractivity contribution in [3.05, 3.63) is 23.8 Å². The molecule has 2 rings (SSSR count). The van der Waals surface area contributed by atoms with Gasteiger partial charge in [-0.1, -0.05) is 6.07 Å². The van der Waals surface area contributed by atoms with Gasteiger partial charge in [-0.2, -0.15) is 0 Å². The van der Waals surface area contributed by atoms with Crippen LogP contribution in [0.5, 0.6) is 11.5 Å². The Morgan fingerprint density at radius 3 is 2.80 bits per heavy atom. The number of amides is 1. The van der Waals surface area contributed by atoms with Crippen LogP contribution < -0.4 is 14.8 Å². The third kappa shape index (κ3) is 3.04. The Bertz CT molecular complexity index is 469. The molecule has 1 aromatic carbocycles. The van der Waals surface area contributed by atoms with Gasteiger partial charge in [0.05, 0.1) is 31.9 Å². The van der Waals surface area contributed by atoms with E-state index in [4.69, 9.17) is 14.2 Å². The SMILES string of the molecule is COc1cccc(C(=O)NC(C)C2CCCO2)c1OC. The first-order chi connectivity index (χ1) is 9.67. The van der Waals surface area contributed by atoms with E-state index < -0.39 is 0 Å². The van der Waals surface area contributed by atoms with Crippen LogP contribution in [0, 0.1) is 0 Å². The van der Waals surface area contributed by atoms with E-state index in [1.807, 2.05) is 6.92 Å². The summed E-state index contributed by atoms with van der Waals surface area (Å²) in [5, 5.41) is 2.96. The summed E-state index contributed by atoms with van der Waals surface area (Å²) in [7, 11) is 3.08. The number of methoxy groups -OCH3 is 2. The number of carbonyl (C=O) groups excluding carboxylic acids is 1. The monoisotopic (exact) mass is 279 g/mol. The number of para-hydroxylation sites is 1. The maximum atomic E-state index is 12.4. The van der Waals surface area contributed by atoms with Crippen LogP contribution in [0.1, 0.15) is 30.1 Å². The van der Waals surface area contributed by atoms with Crippen LogP contribution >= 0.6 is 0 Å². The minimum Gasteiger partial charge on any atom is -0.493 e. The second kappa shape index (κ2) is 6.61. The Hall–Kier alpha value is -1.75. The summed E-state index contributed by atoms with van der Waals surface area (Å²) in [6.07, 6.45) is 2.12. The van der Waals surface area contributed by atoms with Gasteiger partial charge in [0.1, 0.15) is 0 Å². The maximum Gasteiger partial charge on any atom is 0.255 e. The number of rotatable bonds is 5. The van der Waals surface area contributed by atoms with Gasteiger partial charge in [-0.05, 0) is 31.9 Å². The zero-order valence-electron chi connectivity index (χ0n) is 12.1. The Morgan fingerprint density at radius 2 is 2.20 bits per heavy atom. The van der Waals surface area contributed by atoms with E-state index in [1.165, 1.54) is 7.11 Å². The summed E-state index contributed by atoms with van der Waals surface area (Å²) in [5.74, 6) is 0.820. The molecule has 1 heterocycles. The fourth-order valence-electron chi connectivity index (χ4n) is 2.44. The molecule has 1 aromatic rings. The van der Waals surface area contributed by atoms with Crippen LogP contribution in [0.25, 0.3) is 0 Å². The van der Waals surface area contributed by atoms with Crippen molar-refractivity contribution in [2.75, 3.05) is 20.8 Å². The van der Waals surface area contributed by atoms with E-state index in [1.54, 1.807) is 25.3 Å². The Morgan fingerprint density at radius 1 is 1.40 bits per heavy atom. The van der Waals surface area contributed by atoms with Gasteiger partial charge in [-0.15, -0.1) is 0 Å². The van der Waals surface area contributed by atoms with Crippen molar-refractivity contribution in [1.82, 2.24) is 5.32 Å². The van der Waals surface area contributed by atoms with Gasteiger partial charge < -0.3 is 19.5 Å². The van der Waals surface area contributed by atoms with Crippen LogP contribution in [0.4, 0.5) is 0 Å². The highest BCUT2D eigenvalue weighted by Crippen LogP contribution is 2.30. The molecule has 2 unspecified atom stereocenters. The molecular weight excluding hydrogens is 258 g/mol. The number of carbonyl (C=O) groups is 1. The van der Waals surface area contributed by atoms with E-state index in [0.717, 1.165) is 19.4 Å². The van der Waals surface area contributed by atoms with Crippen molar-refractivity contribution in [2.24, 2.45) is 0 Å². The van der Waals surface area contributed by atoms with Crippen LogP contribution in [0.2, 0.25) is 0 Å². The molecule has 0 spiro atoms. The number of hydrogen-bond acceptors (Lipinski definition) is 4. The van der Waals surface area contributed by atoms with Gasteiger partial charge in [-0.3, -0.25) is 4.79 Å². The molecule has 0 radical (unpaired) electrons. The van der Waals surface area contributed by atoms with Crippen LogP contribution in [0.15, 0.2) is 18.2 Å². The lowest BCUT2D eigenvalue weighted by atomic mass is 10.1. The predicted octanol–water partition coefficient (Wildman–Crippen LogP) is 2.00. The molecule has 1 amide bonds. The Kier molecular flexibility index (Phi) is 4.84. The first-order valence-corrected chi connectivity index (χ1v) is 6.80. The molecule has 0 bridgehead atoms. The van der Waals surface area contributed by atoms with Gasteiger partial charge in [0.2, 0.25) is 0 Å². The van der Waals surface area contributed by atoms with Crippen molar-refractivity contribution < 1.29 is 19.0 Å². The molecule has 1 fully saturated rings. The van der Waals surface area contributed by atoms with Gasteiger partial charge in [0.15, 0.2) is 11.5 Å². The second-order valence-electron chi connectivity index (χ2n) is 4.85. The van der Waals surface area contributed by atoms with Gasteiger partial charge >= 0.3 is 0 Å². The molecule has 1 saturated heterocycles. The molecule has 2 atom stereocenters. The largest absolute Gasteiger partial charge is 0.493 e. The highest BCUT2D eigenvalue weighted by Gasteiger charge is 2.25. The molecular formula is C15H21NO4. The quantitative estimate of drug-likeness (QED) is 0.895. The number of nitrogens with one attached hydrogen (secondary N) is 1. The minimum atomic E-state index is -0.177. The summed E-state index contributed by atoms with van der Waals surface area (Å²) in [6, 6.07) is 5.23. The minimum absolute atomic E-state index is 0.0269. The van der Waals surface area contributed by atoms with Crippen molar-refractivity contribution in [1.29, 1.82) is 0 Å². The zero-order valence-corrected chi connectivity index (χ0v) is 12.1. The molecule has 0 aromatic heterocycles. The summed E-state index contributed by atoms with van der Waals surface area (Å²) >= 11 is 0. The van der Waals surface area contributed by atoms with Gasteiger partial charge in [0, 0.05) is 6.61 Å². The zero-order chi connectivity index (χ0) is 14.5. The number of ether oxygens (including phenoxy) is 3. The molecule has 5 heteroatoms. The van der Waals surface area contributed by atoms with E-state index in [-0.39, 0.29) is 18.1 Å². The fraction of sp³-hybridized carbons (Fsp3) is 0.533. The van der Waals surface area contributed by atoms with Crippen LogP contribution in [-0.4, -0.2) is 38.9 Å². The molecule has 20 heavy (non-hydrogen) atoms. The molecule has 5 nitrogen and oxygen atoms in total. The number of benzene rings is 1. The molecule has 1 N–H and O–H groups in total. The van der Waals surface area contributed by atoms with Crippen molar-refractivity contribution >= 4 is 5.91 Å². The highest BCUT2D eigenvalue weighted by atomic mass is 16.5. The standard InChI is InChI=1S/C15H21NO4/c1-10(12-8-5-9-20-12)16-15(17)11-6-4-7-13(18-2)14(11)19-3/h4,6-7,10,12H,5,8-9H2,1-3H3,(H,16,17). The van der Waals surface area contributed by atoms with Crippen molar-refractivity contribution in [3.63, 3.8) is 0 Å². The Labute approximate surface area is 119 Å². The summed E-state index contributed by atoms with van der Waals surface area (Å²) in [5.41, 5.74) is 0.469. The van der Waals surface area contributed by atoms with E-state index in [9.17, 15) is 4.79 Å². The lowest BCUT2D eigenvalue weighted by Gasteiger charge is -2.21. The Balaban J connectivity index is 2.12. The predicted molar refractivity (Wildman–Crippen MR) is 75.4 cm³/mol. The van der Waals surface area contributed by atoms with E-state index in [0.29, 0.717) is 17.1 Å². The summed E-state index contributed by atoms with van der Waals surface area (Å²) < 4.78 is 16.1. The van der Waals surface area contributed by atoms with E-state index >= 15 is 0 Å². The van der Waals surface area contributed by atoms with Crippen molar-refractivity contribution in [2.45, 2.75) is 31.9 Å². The van der Waals surface area contributed by atoms with Crippen molar-refractivity contribution in [3.8, 4) is 11.5 Å². The van der Waals surface area contributed by atoms with Gasteiger partial charge in [0.25, 0.3) is 5.91 Å². The lowest BCUT2D eigenvalue weighted by molar-refractivity contribution is 0.0710. The summed E-state index contributed by atoms with van der Waals surface area (Å²) in [6.45, 7) is 2.73. The average Bonchev–Trinajstić information content (AvgIpc) is 3.00. The molecule has 1 aliphatic heterocycles. The summed E-state index contributed by atoms with van der Waals surface area (Å²) in [4.78, 5) is 12.4. The fourth-order valence-corrected chi connectivity index (χ4v) is 2.44. The molecule has 1 aliphatic rings.